The second-order valence-corrected chi connectivity index (χ2v) is 3.34. The molecule has 3 heteroatoms. The third-order valence-electron chi connectivity index (χ3n) is 2.13. The van der Waals surface area contributed by atoms with Crippen LogP contribution in [0.4, 0.5) is 10.2 Å². The van der Waals surface area contributed by atoms with Crippen LogP contribution in [0.1, 0.15) is 11.3 Å². The molecule has 16 heavy (non-hydrogen) atoms. The number of hydrogen-bond acceptors (Lipinski definition) is 2. The molecule has 0 saturated carbocycles. The average molecular weight is 214 g/mol. The van der Waals surface area contributed by atoms with Gasteiger partial charge in [0.2, 0.25) is 0 Å². The number of nitrogens with zero attached hydrogens (tertiary/aromatic N) is 1. The second kappa shape index (κ2) is 4.57. The maximum absolute atomic E-state index is 13.3. The molecule has 0 aliphatic rings. The molecule has 2 N–H and O–H groups in total. The van der Waals surface area contributed by atoms with Crippen LogP contribution in [0.25, 0.3) is 12.2 Å². The van der Waals surface area contributed by atoms with Crippen LogP contribution in [0, 0.1) is 5.82 Å². The van der Waals surface area contributed by atoms with Crippen molar-refractivity contribution in [2.45, 2.75) is 0 Å². The Kier molecular flexibility index (Phi) is 2.96. The molecule has 2 rings (SSSR count). The minimum Gasteiger partial charge on any atom is -0.384 e. The zero-order chi connectivity index (χ0) is 11.4. The molecule has 0 unspecified atom stereocenters. The van der Waals surface area contributed by atoms with Crippen LogP contribution in [0.5, 0.6) is 0 Å². The Balaban J connectivity index is 2.25. The van der Waals surface area contributed by atoms with Crippen molar-refractivity contribution < 1.29 is 4.39 Å². The van der Waals surface area contributed by atoms with Crippen LogP contribution < -0.4 is 5.73 Å². The van der Waals surface area contributed by atoms with Crippen LogP contribution in [0.3, 0.4) is 0 Å². The number of anilines is 1. The summed E-state index contributed by atoms with van der Waals surface area (Å²) in [5.74, 6) is 0.207. The Labute approximate surface area is 93.3 Å². The van der Waals surface area contributed by atoms with Crippen LogP contribution in [0.15, 0.2) is 42.5 Å². The molecule has 0 saturated heterocycles. The maximum atomic E-state index is 13.3. The molecule has 1 aromatic carbocycles. The third kappa shape index (κ3) is 2.45. The van der Waals surface area contributed by atoms with Gasteiger partial charge in [0.15, 0.2) is 0 Å². The topological polar surface area (TPSA) is 38.9 Å². The average Bonchev–Trinajstić information content (AvgIpc) is 2.28. The first-order valence-corrected chi connectivity index (χ1v) is 4.91. The highest BCUT2D eigenvalue weighted by Crippen LogP contribution is 2.11. The lowest BCUT2D eigenvalue weighted by Gasteiger charge is -1.96. The fourth-order valence-electron chi connectivity index (χ4n) is 1.35. The molecule has 0 aliphatic carbocycles. The van der Waals surface area contributed by atoms with Crippen LogP contribution in [0.2, 0.25) is 0 Å². The summed E-state index contributed by atoms with van der Waals surface area (Å²) >= 11 is 0. The fraction of sp³-hybridized carbons (Fsp3) is 0. The SMILES string of the molecule is Nc1cccc(C=Cc2ccccc2F)n1. The summed E-state index contributed by atoms with van der Waals surface area (Å²) in [5, 5.41) is 0. The van der Waals surface area contributed by atoms with Crippen LogP contribution >= 0.6 is 0 Å². The maximum Gasteiger partial charge on any atom is 0.130 e. The Hall–Kier alpha value is -2.16. The largest absolute Gasteiger partial charge is 0.384 e. The lowest BCUT2D eigenvalue weighted by Crippen LogP contribution is -1.90. The number of benzene rings is 1. The zero-order valence-electron chi connectivity index (χ0n) is 8.60. The van der Waals surface area contributed by atoms with E-state index in [4.69, 9.17) is 5.73 Å². The molecular weight excluding hydrogens is 203 g/mol. The first-order valence-electron chi connectivity index (χ1n) is 4.91. The third-order valence-corrected chi connectivity index (χ3v) is 2.13. The van der Waals surface area contributed by atoms with Gasteiger partial charge in [-0.1, -0.05) is 24.3 Å². The number of nitrogen functional groups attached to an aromatic ring is 1. The Bertz CT molecular complexity index is 521. The molecule has 0 fully saturated rings. The van der Waals surface area contributed by atoms with Gasteiger partial charge in [-0.05, 0) is 30.4 Å². The standard InChI is InChI=1S/C13H11FN2/c14-12-6-2-1-4-10(12)8-9-11-5-3-7-13(15)16-11/h1-9H,(H2,15,16). The van der Waals surface area contributed by atoms with E-state index in [0.29, 0.717) is 17.1 Å². The summed E-state index contributed by atoms with van der Waals surface area (Å²) in [7, 11) is 0. The van der Waals surface area contributed by atoms with Gasteiger partial charge in [-0.25, -0.2) is 9.37 Å². The number of hydrogen-bond donors (Lipinski definition) is 1. The number of rotatable bonds is 2. The van der Waals surface area contributed by atoms with E-state index in [0.717, 1.165) is 0 Å². The fourth-order valence-corrected chi connectivity index (χ4v) is 1.35. The Morgan fingerprint density at radius 3 is 2.56 bits per heavy atom. The molecule has 0 amide bonds. The minimum absolute atomic E-state index is 0.248. The van der Waals surface area contributed by atoms with E-state index in [2.05, 4.69) is 4.98 Å². The zero-order valence-corrected chi connectivity index (χ0v) is 8.60. The van der Waals surface area contributed by atoms with E-state index in [1.807, 2.05) is 12.1 Å². The van der Waals surface area contributed by atoms with Gasteiger partial charge in [0.05, 0.1) is 5.69 Å². The molecule has 0 atom stereocenters. The Morgan fingerprint density at radius 1 is 1.00 bits per heavy atom. The van der Waals surface area contributed by atoms with Crippen molar-refractivity contribution in [3.05, 3.63) is 59.5 Å². The summed E-state index contributed by atoms with van der Waals surface area (Å²) in [4.78, 5) is 4.09. The molecule has 0 radical (unpaired) electrons. The number of pyridine rings is 1. The van der Waals surface area contributed by atoms with Gasteiger partial charge in [0.25, 0.3) is 0 Å². The normalized spacial score (nSPS) is 10.8. The van der Waals surface area contributed by atoms with E-state index in [9.17, 15) is 4.39 Å². The van der Waals surface area contributed by atoms with Crippen molar-refractivity contribution in [2.24, 2.45) is 0 Å². The highest BCUT2D eigenvalue weighted by molar-refractivity contribution is 5.68. The number of halogens is 1. The highest BCUT2D eigenvalue weighted by Gasteiger charge is 1.95. The minimum atomic E-state index is -0.248. The first kappa shape index (κ1) is 10.4. The number of nitrogens with two attached hydrogens (primary N) is 1. The predicted molar refractivity (Wildman–Crippen MR) is 64.0 cm³/mol. The van der Waals surface area contributed by atoms with Gasteiger partial charge in [-0.2, -0.15) is 0 Å². The molecule has 80 valence electrons. The molecule has 0 aliphatic heterocycles. The molecule has 1 aromatic heterocycles. The summed E-state index contributed by atoms with van der Waals surface area (Å²) in [6.07, 6.45) is 3.41. The summed E-state index contributed by atoms with van der Waals surface area (Å²) in [6.45, 7) is 0. The second-order valence-electron chi connectivity index (χ2n) is 3.34. The van der Waals surface area contributed by atoms with Gasteiger partial charge in [0, 0.05) is 5.56 Å². The van der Waals surface area contributed by atoms with Crippen molar-refractivity contribution in [3.8, 4) is 0 Å². The predicted octanol–water partition coefficient (Wildman–Crippen LogP) is 2.97. The van der Waals surface area contributed by atoms with E-state index in [1.165, 1.54) is 6.07 Å². The highest BCUT2D eigenvalue weighted by atomic mass is 19.1. The molecule has 0 spiro atoms. The van der Waals surface area contributed by atoms with E-state index >= 15 is 0 Å². The molecule has 1 heterocycles. The summed E-state index contributed by atoms with van der Waals surface area (Å²) < 4.78 is 13.3. The van der Waals surface area contributed by atoms with E-state index < -0.39 is 0 Å². The summed E-state index contributed by atoms with van der Waals surface area (Å²) in [6, 6.07) is 11.9. The van der Waals surface area contributed by atoms with E-state index in [-0.39, 0.29) is 5.82 Å². The monoisotopic (exact) mass is 214 g/mol. The van der Waals surface area contributed by atoms with Crippen LogP contribution in [-0.2, 0) is 0 Å². The van der Waals surface area contributed by atoms with Gasteiger partial charge >= 0.3 is 0 Å². The van der Waals surface area contributed by atoms with Gasteiger partial charge in [-0.15, -0.1) is 0 Å². The lowest BCUT2D eigenvalue weighted by atomic mass is 10.2. The summed E-state index contributed by atoms with van der Waals surface area (Å²) in [5.41, 5.74) is 6.78. The first-order chi connectivity index (χ1) is 7.75. The molecular formula is C13H11FN2. The van der Waals surface area contributed by atoms with Crippen molar-refractivity contribution in [1.82, 2.24) is 4.98 Å². The van der Waals surface area contributed by atoms with Crippen molar-refractivity contribution in [2.75, 3.05) is 5.73 Å². The van der Waals surface area contributed by atoms with E-state index in [1.54, 1.807) is 36.4 Å². The van der Waals surface area contributed by atoms with Crippen molar-refractivity contribution in [1.29, 1.82) is 0 Å². The van der Waals surface area contributed by atoms with Crippen molar-refractivity contribution in [3.63, 3.8) is 0 Å². The van der Waals surface area contributed by atoms with Crippen LogP contribution in [-0.4, -0.2) is 4.98 Å². The molecule has 2 aromatic rings. The molecule has 2 nitrogen and oxygen atoms in total. The quantitative estimate of drug-likeness (QED) is 0.834. The lowest BCUT2D eigenvalue weighted by molar-refractivity contribution is 0.625. The van der Waals surface area contributed by atoms with Gasteiger partial charge < -0.3 is 5.73 Å². The van der Waals surface area contributed by atoms with Gasteiger partial charge in [0.1, 0.15) is 11.6 Å². The smallest absolute Gasteiger partial charge is 0.130 e. The number of aromatic nitrogens is 1. The van der Waals surface area contributed by atoms with Gasteiger partial charge in [-0.3, -0.25) is 0 Å². The Morgan fingerprint density at radius 2 is 1.81 bits per heavy atom. The molecule has 0 bridgehead atoms. The van der Waals surface area contributed by atoms with Crippen molar-refractivity contribution >= 4 is 18.0 Å².